The van der Waals surface area contributed by atoms with Gasteiger partial charge in [-0.3, -0.25) is 4.79 Å². The lowest BCUT2D eigenvalue weighted by Gasteiger charge is -2.09. The lowest BCUT2D eigenvalue weighted by Crippen LogP contribution is -2.15. The van der Waals surface area contributed by atoms with Crippen LogP contribution in [0, 0.1) is 12.8 Å². The number of hydrogen-bond donors (Lipinski definition) is 1. The average Bonchev–Trinajstić information content (AvgIpc) is 3.40. The van der Waals surface area contributed by atoms with Crippen LogP contribution in [0.25, 0.3) is 11.1 Å². The minimum atomic E-state index is -0.382. The number of rotatable bonds is 6. The zero-order chi connectivity index (χ0) is 18.0. The zero-order valence-corrected chi connectivity index (χ0v) is 15.7. The molecule has 5 heteroatoms. The van der Waals surface area contributed by atoms with E-state index in [9.17, 15) is 9.59 Å². The number of carbonyl (C=O) groups excluding carboxylic acids is 2. The molecule has 4 nitrogen and oxygen atoms in total. The van der Waals surface area contributed by atoms with Gasteiger partial charge in [0, 0.05) is 16.4 Å². The van der Waals surface area contributed by atoms with Crippen molar-refractivity contribution in [1.29, 1.82) is 0 Å². The largest absolute Gasteiger partial charge is 0.462 e. The number of ether oxygens (including phenoxy) is 1. The lowest BCUT2D eigenvalue weighted by atomic mass is 9.99. The van der Waals surface area contributed by atoms with Gasteiger partial charge in [-0.2, -0.15) is 0 Å². The summed E-state index contributed by atoms with van der Waals surface area (Å²) in [5, 5.41) is 3.54. The van der Waals surface area contributed by atoms with Crippen LogP contribution in [0.15, 0.2) is 24.3 Å². The SMILES string of the molecule is CCOC(=O)c1c(NC(=O)C2CC2)sc(C)c1-c1ccc(CC)cc1. The summed E-state index contributed by atoms with van der Waals surface area (Å²) in [6.07, 6.45) is 2.82. The number of thiophene rings is 1. The Hall–Kier alpha value is -2.14. The van der Waals surface area contributed by atoms with Crippen LogP contribution in [0.2, 0.25) is 0 Å². The van der Waals surface area contributed by atoms with Gasteiger partial charge in [0.1, 0.15) is 10.6 Å². The van der Waals surface area contributed by atoms with Crippen LogP contribution >= 0.6 is 11.3 Å². The fourth-order valence-electron chi connectivity index (χ4n) is 2.84. The number of esters is 1. The van der Waals surface area contributed by atoms with Crippen molar-refractivity contribution in [3.05, 3.63) is 40.3 Å². The minimum Gasteiger partial charge on any atom is -0.462 e. The Morgan fingerprint density at radius 2 is 1.88 bits per heavy atom. The fraction of sp³-hybridized carbons (Fsp3) is 0.400. The molecule has 0 aliphatic heterocycles. The topological polar surface area (TPSA) is 55.4 Å². The summed E-state index contributed by atoms with van der Waals surface area (Å²) in [5.41, 5.74) is 3.55. The van der Waals surface area contributed by atoms with E-state index >= 15 is 0 Å². The van der Waals surface area contributed by atoms with Crippen molar-refractivity contribution < 1.29 is 14.3 Å². The molecule has 0 spiro atoms. The van der Waals surface area contributed by atoms with Crippen molar-refractivity contribution in [3.63, 3.8) is 0 Å². The molecule has 132 valence electrons. The van der Waals surface area contributed by atoms with E-state index < -0.39 is 0 Å². The van der Waals surface area contributed by atoms with Gasteiger partial charge in [0.05, 0.1) is 6.61 Å². The Kier molecular flexibility index (Phi) is 5.23. The fourth-order valence-corrected chi connectivity index (χ4v) is 3.91. The summed E-state index contributed by atoms with van der Waals surface area (Å²) in [7, 11) is 0. The lowest BCUT2D eigenvalue weighted by molar-refractivity contribution is -0.117. The van der Waals surface area contributed by atoms with Crippen LogP contribution in [-0.4, -0.2) is 18.5 Å². The second-order valence-corrected chi connectivity index (χ2v) is 7.50. The molecular weight excluding hydrogens is 334 g/mol. The van der Waals surface area contributed by atoms with Crippen molar-refractivity contribution in [2.45, 2.75) is 40.0 Å². The van der Waals surface area contributed by atoms with E-state index in [2.05, 4.69) is 24.4 Å². The van der Waals surface area contributed by atoms with Gasteiger partial charge in [-0.15, -0.1) is 11.3 Å². The standard InChI is InChI=1S/C20H23NO3S/c1-4-13-6-8-14(9-7-13)16-12(3)25-19(17(16)20(23)24-5-2)21-18(22)15-10-11-15/h6-9,15H,4-5,10-11H2,1-3H3,(H,21,22). The molecule has 1 aliphatic rings. The molecule has 3 rings (SSSR count). The molecule has 25 heavy (non-hydrogen) atoms. The summed E-state index contributed by atoms with van der Waals surface area (Å²) < 4.78 is 5.26. The summed E-state index contributed by atoms with van der Waals surface area (Å²) in [6, 6.07) is 8.21. The number of carbonyl (C=O) groups is 2. The van der Waals surface area contributed by atoms with E-state index in [-0.39, 0.29) is 17.8 Å². The first kappa shape index (κ1) is 17.7. The molecule has 0 radical (unpaired) electrons. The first-order valence-electron chi connectivity index (χ1n) is 8.75. The van der Waals surface area contributed by atoms with Gasteiger partial charge in [0.25, 0.3) is 0 Å². The van der Waals surface area contributed by atoms with Crippen molar-refractivity contribution in [3.8, 4) is 11.1 Å². The minimum absolute atomic E-state index is 0.000297. The molecule has 2 aromatic rings. The Morgan fingerprint density at radius 1 is 1.20 bits per heavy atom. The quantitative estimate of drug-likeness (QED) is 0.755. The summed E-state index contributed by atoms with van der Waals surface area (Å²) in [6.45, 7) is 6.18. The molecule has 1 saturated carbocycles. The zero-order valence-electron chi connectivity index (χ0n) is 14.8. The molecule has 1 aromatic carbocycles. The van der Waals surface area contributed by atoms with E-state index in [0.717, 1.165) is 35.3 Å². The van der Waals surface area contributed by atoms with Crippen LogP contribution in [0.5, 0.6) is 0 Å². The molecule has 1 N–H and O–H groups in total. The highest BCUT2D eigenvalue weighted by molar-refractivity contribution is 7.17. The van der Waals surface area contributed by atoms with Crippen LogP contribution in [0.1, 0.15) is 47.5 Å². The van der Waals surface area contributed by atoms with Gasteiger partial charge in [-0.1, -0.05) is 31.2 Å². The van der Waals surface area contributed by atoms with Crippen molar-refractivity contribution in [2.24, 2.45) is 5.92 Å². The molecule has 0 atom stereocenters. The molecule has 0 unspecified atom stereocenters. The van der Waals surface area contributed by atoms with Crippen LogP contribution in [-0.2, 0) is 16.0 Å². The number of benzene rings is 1. The van der Waals surface area contributed by atoms with E-state index in [4.69, 9.17) is 4.74 Å². The van der Waals surface area contributed by atoms with E-state index in [1.165, 1.54) is 16.9 Å². The Labute approximate surface area is 152 Å². The van der Waals surface area contributed by atoms with Gasteiger partial charge in [-0.05, 0) is 44.2 Å². The van der Waals surface area contributed by atoms with E-state index in [1.54, 1.807) is 6.92 Å². The third kappa shape index (κ3) is 3.76. The smallest absolute Gasteiger partial charge is 0.341 e. The highest BCUT2D eigenvalue weighted by atomic mass is 32.1. The summed E-state index contributed by atoms with van der Waals surface area (Å²) in [5.74, 6) is -0.295. The maximum Gasteiger partial charge on any atom is 0.341 e. The molecule has 1 heterocycles. The summed E-state index contributed by atoms with van der Waals surface area (Å²) in [4.78, 5) is 25.8. The van der Waals surface area contributed by atoms with E-state index in [0.29, 0.717) is 17.2 Å². The first-order chi connectivity index (χ1) is 12.0. The van der Waals surface area contributed by atoms with Gasteiger partial charge >= 0.3 is 5.97 Å². The van der Waals surface area contributed by atoms with Crippen LogP contribution in [0.4, 0.5) is 5.00 Å². The third-order valence-electron chi connectivity index (χ3n) is 4.40. The molecule has 1 fully saturated rings. The monoisotopic (exact) mass is 357 g/mol. The van der Waals surface area contributed by atoms with Gasteiger partial charge in [0.15, 0.2) is 0 Å². The number of amides is 1. The molecule has 1 aliphatic carbocycles. The summed E-state index contributed by atoms with van der Waals surface area (Å²) >= 11 is 1.44. The molecule has 1 amide bonds. The predicted octanol–water partition coefficient (Wildman–Crippen LogP) is 4.81. The molecule has 0 saturated heterocycles. The predicted molar refractivity (Wildman–Crippen MR) is 101 cm³/mol. The maximum absolute atomic E-state index is 12.6. The second kappa shape index (κ2) is 7.40. The number of anilines is 1. The van der Waals surface area contributed by atoms with Crippen molar-refractivity contribution in [1.82, 2.24) is 0 Å². The number of hydrogen-bond acceptors (Lipinski definition) is 4. The van der Waals surface area contributed by atoms with Crippen LogP contribution in [0.3, 0.4) is 0 Å². The third-order valence-corrected chi connectivity index (χ3v) is 5.42. The average molecular weight is 357 g/mol. The molecule has 1 aromatic heterocycles. The Bertz CT molecular complexity index is 788. The first-order valence-corrected chi connectivity index (χ1v) is 9.57. The molecular formula is C20H23NO3S. The Morgan fingerprint density at radius 3 is 2.44 bits per heavy atom. The van der Waals surface area contributed by atoms with Crippen molar-refractivity contribution in [2.75, 3.05) is 11.9 Å². The number of aryl methyl sites for hydroxylation is 2. The van der Waals surface area contributed by atoms with Crippen LogP contribution < -0.4 is 5.32 Å². The highest BCUT2D eigenvalue weighted by Gasteiger charge is 2.32. The van der Waals surface area contributed by atoms with Crippen molar-refractivity contribution >= 4 is 28.2 Å². The number of nitrogens with one attached hydrogen (secondary N) is 1. The molecule has 0 bridgehead atoms. The Balaban J connectivity index is 2.03. The highest BCUT2D eigenvalue weighted by Crippen LogP contribution is 2.41. The maximum atomic E-state index is 12.6. The normalized spacial score (nSPS) is 13.6. The van der Waals surface area contributed by atoms with E-state index in [1.807, 2.05) is 19.1 Å². The van der Waals surface area contributed by atoms with Gasteiger partial charge in [0.2, 0.25) is 5.91 Å². The van der Waals surface area contributed by atoms with Gasteiger partial charge in [-0.25, -0.2) is 4.79 Å². The second-order valence-electron chi connectivity index (χ2n) is 6.27. The van der Waals surface area contributed by atoms with Gasteiger partial charge < -0.3 is 10.1 Å².